The van der Waals surface area contributed by atoms with Gasteiger partial charge in [0.25, 0.3) is 0 Å². The number of fused-ring (bicyclic) bond motifs is 2. The summed E-state index contributed by atoms with van der Waals surface area (Å²) in [7, 11) is 16.7. The summed E-state index contributed by atoms with van der Waals surface area (Å²) in [6, 6.07) is 62.6. The Hall–Kier alpha value is -7.04. The highest BCUT2D eigenvalue weighted by Crippen LogP contribution is 2.43. The summed E-state index contributed by atoms with van der Waals surface area (Å²) < 4.78 is 0. The summed E-state index contributed by atoms with van der Waals surface area (Å²) in [5.74, 6) is 0. The number of benzene rings is 8. The summed E-state index contributed by atoms with van der Waals surface area (Å²) in [5.41, 5.74) is 16.4. The molecule has 0 fully saturated rings. The maximum Gasteiger partial charge on any atom is 0.0361 e. The Morgan fingerprint density at radius 2 is 0.567 bits per heavy atom. The van der Waals surface area contributed by atoms with Crippen molar-refractivity contribution in [2.45, 2.75) is 0 Å². The van der Waals surface area contributed by atoms with Crippen LogP contribution in [0.4, 0.5) is 22.7 Å². The number of nitrogens with zero attached hydrogens (tertiary/aromatic N) is 4. The molecular formula is C56H54N4. The first-order chi connectivity index (χ1) is 29.0. The third-order valence-corrected chi connectivity index (χ3v) is 11.6. The lowest BCUT2D eigenvalue weighted by Crippen LogP contribution is -2.08. The van der Waals surface area contributed by atoms with Gasteiger partial charge in [-0.15, -0.1) is 0 Å². The van der Waals surface area contributed by atoms with Crippen LogP contribution in [0, 0.1) is 0 Å². The van der Waals surface area contributed by atoms with Gasteiger partial charge >= 0.3 is 0 Å². The van der Waals surface area contributed by atoms with E-state index in [1.165, 1.54) is 88.8 Å². The van der Waals surface area contributed by atoms with Crippen molar-refractivity contribution in [3.63, 3.8) is 0 Å². The Labute approximate surface area is 356 Å². The molecule has 0 radical (unpaired) electrons. The van der Waals surface area contributed by atoms with Crippen molar-refractivity contribution in [3.05, 3.63) is 203 Å². The minimum absolute atomic E-state index is 1.16. The van der Waals surface area contributed by atoms with Gasteiger partial charge < -0.3 is 19.6 Å². The summed E-state index contributed by atoms with van der Waals surface area (Å²) in [4.78, 5) is 8.60. The van der Waals surface area contributed by atoms with Gasteiger partial charge in [0.15, 0.2) is 0 Å². The average Bonchev–Trinajstić information content (AvgIpc) is 3.27. The maximum absolute atomic E-state index is 2.41. The fourth-order valence-corrected chi connectivity index (χ4v) is 8.11. The van der Waals surface area contributed by atoms with E-state index in [2.05, 4.69) is 258 Å². The Morgan fingerprint density at radius 3 is 0.833 bits per heavy atom. The molecule has 0 aliphatic carbocycles. The van der Waals surface area contributed by atoms with Crippen molar-refractivity contribution in [3.8, 4) is 11.1 Å². The van der Waals surface area contributed by atoms with E-state index < -0.39 is 0 Å². The van der Waals surface area contributed by atoms with Gasteiger partial charge in [-0.25, -0.2) is 0 Å². The predicted molar refractivity (Wildman–Crippen MR) is 264 cm³/mol. The molecule has 0 saturated carbocycles. The maximum atomic E-state index is 2.41. The van der Waals surface area contributed by atoms with Crippen molar-refractivity contribution in [1.29, 1.82) is 0 Å². The Morgan fingerprint density at radius 1 is 0.300 bits per heavy atom. The zero-order valence-electron chi connectivity index (χ0n) is 36.1. The van der Waals surface area contributed by atoms with Crippen LogP contribution in [-0.2, 0) is 0 Å². The van der Waals surface area contributed by atoms with Crippen LogP contribution in [0.1, 0.15) is 33.4 Å². The minimum atomic E-state index is 1.16. The highest BCUT2D eigenvalue weighted by molar-refractivity contribution is 6.13. The van der Waals surface area contributed by atoms with Crippen LogP contribution >= 0.6 is 0 Å². The molecule has 0 aliphatic heterocycles. The average molecular weight is 783 g/mol. The van der Waals surface area contributed by atoms with Gasteiger partial charge in [0, 0.05) is 79.1 Å². The van der Waals surface area contributed by atoms with Crippen LogP contribution < -0.4 is 19.6 Å². The highest BCUT2D eigenvalue weighted by Gasteiger charge is 2.19. The molecule has 60 heavy (non-hydrogen) atoms. The fourth-order valence-electron chi connectivity index (χ4n) is 8.11. The summed E-state index contributed by atoms with van der Waals surface area (Å²) in [6.45, 7) is 0. The molecular weight excluding hydrogens is 729 g/mol. The third-order valence-electron chi connectivity index (χ3n) is 11.6. The lowest BCUT2D eigenvalue weighted by atomic mass is 9.84. The van der Waals surface area contributed by atoms with E-state index in [9.17, 15) is 0 Å². The van der Waals surface area contributed by atoms with Crippen LogP contribution in [0.5, 0.6) is 0 Å². The van der Waals surface area contributed by atoms with Crippen LogP contribution in [0.25, 0.3) is 56.0 Å². The summed E-state index contributed by atoms with van der Waals surface area (Å²) >= 11 is 0. The topological polar surface area (TPSA) is 13.0 Å². The van der Waals surface area contributed by atoms with E-state index in [0.717, 1.165) is 11.1 Å². The molecule has 0 aromatic heterocycles. The minimum Gasteiger partial charge on any atom is -0.378 e. The second-order valence-corrected chi connectivity index (χ2v) is 16.4. The molecule has 0 bridgehead atoms. The van der Waals surface area contributed by atoms with Gasteiger partial charge in [0.2, 0.25) is 0 Å². The molecule has 8 aromatic rings. The fraction of sp³-hybridized carbons (Fsp3) is 0.143. The van der Waals surface area contributed by atoms with Gasteiger partial charge in [-0.3, -0.25) is 0 Å². The number of anilines is 4. The van der Waals surface area contributed by atoms with Crippen molar-refractivity contribution in [2.24, 2.45) is 0 Å². The summed E-state index contributed by atoms with van der Waals surface area (Å²) in [5, 5.41) is 4.85. The van der Waals surface area contributed by atoms with Crippen molar-refractivity contribution in [2.75, 3.05) is 76.0 Å². The van der Waals surface area contributed by atoms with Gasteiger partial charge in [-0.1, -0.05) is 121 Å². The van der Waals surface area contributed by atoms with Crippen molar-refractivity contribution in [1.82, 2.24) is 0 Å². The Kier molecular flexibility index (Phi) is 11.3. The smallest absolute Gasteiger partial charge is 0.0361 e. The molecule has 0 amide bonds. The quantitative estimate of drug-likeness (QED) is 0.121. The molecule has 0 aliphatic rings. The zero-order chi connectivity index (χ0) is 41.9. The van der Waals surface area contributed by atoms with Crippen LogP contribution in [0.3, 0.4) is 0 Å². The molecule has 8 aromatic carbocycles. The lowest BCUT2D eigenvalue weighted by Gasteiger charge is -2.20. The second-order valence-electron chi connectivity index (χ2n) is 16.4. The van der Waals surface area contributed by atoms with Crippen LogP contribution in [-0.4, -0.2) is 56.4 Å². The van der Waals surface area contributed by atoms with Gasteiger partial charge in [-0.05, 0) is 138 Å². The normalized spacial score (nSPS) is 11.0. The molecule has 4 heteroatoms. The number of rotatable bonds is 11. The molecule has 4 nitrogen and oxygen atoms in total. The first-order valence-corrected chi connectivity index (χ1v) is 20.6. The molecule has 0 N–H and O–H groups in total. The number of hydrogen-bond donors (Lipinski definition) is 0. The molecule has 0 atom stereocenters. The van der Waals surface area contributed by atoms with Gasteiger partial charge in [0.05, 0.1) is 0 Å². The van der Waals surface area contributed by atoms with Crippen LogP contribution in [0.2, 0.25) is 0 Å². The van der Waals surface area contributed by atoms with Gasteiger partial charge in [-0.2, -0.15) is 0 Å². The predicted octanol–water partition coefficient (Wildman–Crippen LogP) is 13.1. The first-order valence-electron chi connectivity index (χ1n) is 20.6. The van der Waals surface area contributed by atoms with E-state index in [0.29, 0.717) is 0 Å². The molecule has 0 spiro atoms. The van der Waals surface area contributed by atoms with Gasteiger partial charge in [0.1, 0.15) is 0 Å². The third kappa shape index (κ3) is 8.15. The Bertz CT molecular complexity index is 2520. The summed E-state index contributed by atoms with van der Waals surface area (Å²) in [6.07, 6.45) is 4.82. The molecule has 298 valence electrons. The molecule has 8 rings (SSSR count). The lowest BCUT2D eigenvalue weighted by molar-refractivity contribution is 1.13. The van der Waals surface area contributed by atoms with E-state index in [1.807, 2.05) is 0 Å². The molecule has 0 unspecified atom stereocenters. The monoisotopic (exact) mass is 782 g/mol. The van der Waals surface area contributed by atoms with E-state index in [-0.39, 0.29) is 0 Å². The van der Waals surface area contributed by atoms with Crippen molar-refractivity contribution < 1.29 is 0 Å². The SMILES string of the molecule is CN(C)c1ccc(C(=Cc2ccc3ccccc3c2-c2c(C=C(c3ccc(N(C)C)cc3)c3ccc(N(C)C)cc3)ccc3ccccc23)c2ccc(N(C)C)cc2)cc1. The number of hydrogen-bond acceptors (Lipinski definition) is 4. The van der Waals surface area contributed by atoms with Crippen molar-refractivity contribution >= 4 is 67.6 Å². The standard InChI is InChI=1S/C56H54N4/c1-57(2)47-29-21-41(22-30-47)53(42-23-31-48(32-24-42)58(3)4)37-45-19-17-39-13-9-11-15-51(39)55(45)56-46(20-18-40-14-10-12-16-52(40)56)38-54(43-25-33-49(34-26-43)59(5)6)44-27-35-50(36-28-44)60(7)8/h9-38H,1-8H3. The second kappa shape index (κ2) is 17.1. The van der Waals surface area contributed by atoms with E-state index in [1.54, 1.807) is 0 Å². The highest BCUT2D eigenvalue weighted by atomic mass is 15.1. The Balaban J connectivity index is 1.43. The largest absolute Gasteiger partial charge is 0.378 e. The zero-order valence-corrected chi connectivity index (χ0v) is 36.1. The van der Waals surface area contributed by atoms with E-state index >= 15 is 0 Å². The first kappa shape index (κ1) is 39.8. The molecule has 0 saturated heterocycles. The van der Waals surface area contributed by atoms with Crippen LogP contribution in [0.15, 0.2) is 170 Å². The van der Waals surface area contributed by atoms with E-state index in [4.69, 9.17) is 0 Å². The molecule has 0 heterocycles.